The molecule has 128 valence electrons. The maximum absolute atomic E-state index is 8.73. The maximum atomic E-state index is 8.73. The van der Waals surface area contributed by atoms with Crippen molar-refractivity contribution in [3.8, 4) is 22.3 Å². The van der Waals surface area contributed by atoms with Crippen LogP contribution in [0.15, 0.2) is 60.7 Å². The van der Waals surface area contributed by atoms with Gasteiger partial charge in [0.15, 0.2) is 0 Å². The van der Waals surface area contributed by atoms with Crippen LogP contribution in [0.1, 0.15) is 26.3 Å². The standard InChI is InChI=1S/C22H20Cl2N.Li/c1-22(2,3)20-13-16(14-4-8-17(23)9-5-14)12-19(21(20)25)15-6-10-18(24)11-7-15;/h4-13,25H,1-3H3;/q-1;+1. The monoisotopic (exact) mass is 375 g/mol. The van der Waals surface area contributed by atoms with Crippen molar-refractivity contribution in [3.05, 3.63) is 82.0 Å². The van der Waals surface area contributed by atoms with E-state index in [1.165, 1.54) is 0 Å². The number of rotatable bonds is 2. The average Bonchev–Trinajstić information content (AvgIpc) is 2.56. The Hall–Kier alpha value is -1.36. The summed E-state index contributed by atoms with van der Waals surface area (Å²) in [5, 5.41) is 1.41. The summed E-state index contributed by atoms with van der Waals surface area (Å²) in [5.41, 5.74) is 14.3. The minimum atomic E-state index is -0.124. The zero-order valence-electron chi connectivity index (χ0n) is 15.5. The maximum Gasteiger partial charge on any atom is 1.00 e. The third-order valence-corrected chi connectivity index (χ3v) is 4.78. The molecule has 0 heterocycles. The molecule has 0 saturated heterocycles. The first-order valence-corrected chi connectivity index (χ1v) is 8.93. The summed E-state index contributed by atoms with van der Waals surface area (Å²) in [6.45, 7) is 6.41. The van der Waals surface area contributed by atoms with Gasteiger partial charge in [-0.1, -0.05) is 79.9 Å². The van der Waals surface area contributed by atoms with Crippen molar-refractivity contribution in [3.63, 3.8) is 0 Å². The Morgan fingerprint density at radius 1 is 0.692 bits per heavy atom. The van der Waals surface area contributed by atoms with Gasteiger partial charge in [0.25, 0.3) is 0 Å². The minimum Gasteiger partial charge on any atom is -0.698 e. The fraction of sp³-hybridized carbons (Fsp3) is 0.182. The SMILES string of the molecule is CC(C)(C)c1cc(-c2ccc(Cl)cc2)cc(-c2ccc(Cl)cc2)c1[NH-].[Li+]. The molecule has 0 fully saturated rings. The summed E-state index contributed by atoms with van der Waals surface area (Å²) in [4.78, 5) is 0. The molecule has 26 heavy (non-hydrogen) atoms. The molecular weight excluding hydrogens is 356 g/mol. The van der Waals surface area contributed by atoms with Gasteiger partial charge in [0.2, 0.25) is 0 Å². The van der Waals surface area contributed by atoms with Gasteiger partial charge in [-0.05, 0) is 58.0 Å². The van der Waals surface area contributed by atoms with Crippen LogP contribution in [0.4, 0.5) is 5.69 Å². The summed E-state index contributed by atoms with van der Waals surface area (Å²) in [7, 11) is 0. The van der Waals surface area contributed by atoms with E-state index in [1.54, 1.807) is 0 Å². The van der Waals surface area contributed by atoms with E-state index in [9.17, 15) is 0 Å². The van der Waals surface area contributed by atoms with Crippen LogP contribution in [0.5, 0.6) is 0 Å². The summed E-state index contributed by atoms with van der Waals surface area (Å²) in [6.07, 6.45) is 0. The Labute approximate surface area is 177 Å². The Balaban J connectivity index is 0.00000243. The quantitative estimate of drug-likeness (QED) is 0.541. The van der Waals surface area contributed by atoms with Crippen LogP contribution in [0.25, 0.3) is 28.0 Å². The Morgan fingerprint density at radius 3 is 1.62 bits per heavy atom. The fourth-order valence-corrected chi connectivity index (χ4v) is 3.15. The van der Waals surface area contributed by atoms with Gasteiger partial charge in [-0.3, -0.25) is 0 Å². The predicted octanol–water partition coefficient (Wildman–Crippen LogP) is 5.31. The summed E-state index contributed by atoms with van der Waals surface area (Å²) >= 11 is 12.1. The molecule has 1 N–H and O–H groups in total. The van der Waals surface area contributed by atoms with Crippen molar-refractivity contribution in [2.45, 2.75) is 26.2 Å². The minimum absolute atomic E-state index is 0. The van der Waals surface area contributed by atoms with Crippen LogP contribution in [-0.4, -0.2) is 0 Å². The van der Waals surface area contributed by atoms with Gasteiger partial charge in [0.1, 0.15) is 0 Å². The molecule has 0 saturated carbocycles. The van der Waals surface area contributed by atoms with Crippen molar-refractivity contribution in [2.24, 2.45) is 0 Å². The van der Waals surface area contributed by atoms with E-state index in [4.69, 9.17) is 28.9 Å². The second-order valence-corrected chi connectivity index (χ2v) is 8.08. The molecule has 3 aromatic carbocycles. The van der Waals surface area contributed by atoms with E-state index in [0.717, 1.165) is 32.8 Å². The van der Waals surface area contributed by atoms with E-state index in [1.807, 2.05) is 48.5 Å². The summed E-state index contributed by atoms with van der Waals surface area (Å²) in [6, 6.07) is 19.7. The zero-order chi connectivity index (χ0) is 18.2. The van der Waals surface area contributed by atoms with Crippen LogP contribution >= 0.6 is 23.2 Å². The van der Waals surface area contributed by atoms with E-state index in [0.29, 0.717) is 10.7 Å². The first kappa shape index (κ1) is 20.9. The second-order valence-electron chi connectivity index (χ2n) is 7.21. The van der Waals surface area contributed by atoms with Crippen LogP contribution in [0, 0.1) is 0 Å². The smallest absolute Gasteiger partial charge is 0.698 e. The average molecular weight is 376 g/mol. The summed E-state index contributed by atoms with van der Waals surface area (Å²) in [5.74, 6) is 0. The number of benzene rings is 3. The second kappa shape index (κ2) is 8.11. The van der Waals surface area contributed by atoms with Crippen LogP contribution in [0.3, 0.4) is 0 Å². The summed E-state index contributed by atoms with van der Waals surface area (Å²) < 4.78 is 0. The Bertz CT molecular complexity index is 895. The molecule has 4 heteroatoms. The molecule has 0 atom stereocenters. The van der Waals surface area contributed by atoms with E-state index < -0.39 is 0 Å². The van der Waals surface area contributed by atoms with Gasteiger partial charge in [-0.25, -0.2) is 0 Å². The predicted molar refractivity (Wildman–Crippen MR) is 110 cm³/mol. The molecule has 0 bridgehead atoms. The van der Waals surface area contributed by atoms with Crippen molar-refractivity contribution in [1.29, 1.82) is 0 Å². The van der Waals surface area contributed by atoms with Gasteiger partial charge < -0.3 is 5.73 Å². The molecule has 3 aromatic rings. The first-order valence-electron chi connectivity index (χ1n) is 8.18. The van der Waals surface area contributed by atoms with Crippen molar-refractivity contribution in [1.82, 2.24) is 0 Å². The van der Waals surface area contributed by atoms with Gasteiger partial charge >= 0.3 is 18.9 Å². The van der Waals surface area contributed by atoms with Crippen molar-refractivity contribution < 1.29 is 18.9 Å². The molecule has 0 unspecified atom stereocenters. The molecule has 0 aliphatic rings. The molecule has 0 aromatic heterocycles. The molecule has 0 radical (unpaired) electrons. The fourth-order valence-electron chi connectivity index (χ4n) is 2.90. The normalized spacial score (nSPS) is 11.1. The molecule has 0 amide bonds. The van der Waals surface area contributed by atoms with Crippen LogP contribution < -0.4 is 18.9 Å². The van der Waals surface area contributed by atoms with E-state index in [-0.39, 0.29) is 24.3 Å². The molecule has 0 aliphatic heterocycles. The van der Waals surface area contributed by atoms with Crippen LogP contribution in [0.2, 0.25) is 10.0 Å². The van der Waals surface area contributed by atoms with Gasteiger partial charge in [-0.2, -0.15) is 0 Å². The zero-order valence-corrected chi connectivity index (χ0v) is 17.0. The largest absolute Gasteiger partial charge is 1.00 e. The molecule has 3 rings (SSSR count). The van der Waals surface area contributed by atoms with Crippen molar-refractivity contribution >= 4 is 28.9 Å². The molecule has 0 spiro atoms. The van der Waals surface area contributed by atoms with Gasteiger partial charge in [0.05, 0.1) is 0 Å². The van der Waals surface area contributed by atoms with Gasteiger partial charge in [-0.15, -0.1) is 5.69 Å². The topological polar surface area (TPSA) is 23.8 Å². The van der Waals surface area contributed by atoms with Crippen LogP contribution in [-0.2, 0) is 5.41 Å². The number of halogens is 2. The molecule has 1 nitrogen and oxygen atoms in total. The third kappa shape index (κ3) is 4.48. The van der Waals surface area contributed by atoms with E-state index >= 15 is 0 Å². The number of hydrogen-bond acceptors (Lipinski definition) is 0. The Morgan fingerprint density at radius 2 is 1.15 bits per heavy atom. The van der Waals surface area contributed by atoms with Gasteiger partial charge in [0, 0.05) is 10.0 Å². The number of nitrogens with one attached hydrogen (secondary N) is 1. The molecular formula is C22H20Cl2LiN. The Kier molecular flexibility index (Phi) is 6.54. The number of hydrogen-bond donors (Lipinski definition) is 0. The van der Waals surface area contributed by atoms with E-state index in [2.05, 4.69) is 32.9 Å². The first-order chi connectivity index (χ1) is 11.8. The third-order valence-electron chi connectivity index (χ3n) is 4.28. The molecule has 0 aliphatic carbocycles. The van der Waals surface area contributed by atoms with Crippen molar-refractivity contribution in [2.75, 3.05) is 0 Å².